The van der Waals surface area contributed by atoms with E-state index in [1.54, 1.807) is 4.31 Å². The molecule has 84 valence electrons. The third-order valence-electron chi connectivity index (χ3n) is 2.63. The van der Waals surface area contributed by atoms with Gasteiger partial charge in [0, 0.05) is 18.6 Å². The van der Waals surface area contributed by atoms with Gasteiger partial charge in [-0.1, -0.05) is 0 Å². The van der Waals surface area contributed by atoms with E-state index in [2.05, 4.69) is 5.32 Å². The van der Waals surface area contributed by atoms with Crippen molar-refractivity contribution in [2.24, 2.45) is 0 Å². The fraction of sp³-hybridized carbons (Fsp3) is 1.00. The molecule has 0 amide bonds. The van der Waals surface area contributed by atoms with Gasteiger partial charge in [-0.15, -0.1) is 0 Å². The summed E-state index contributed by atoms with van der Waals surface area (Å²) in [6.07, 6.45) is 1.78. The zero-order valence-corrected chi connectivity index (χ0v) is 10.0. The molecule has 4 nitrogen and oxygen atoms in total. The first kappa shape index (κ1) is 11.9. The van der Waals surface area contributed by atoms with Crippen LogP contribution in [0.1, 0.15) is 26.7 Å². The van der Waals surface area contributed by atoms with Crippen LogP contribution in [-0.2, 0) is 10.0 Å². The van der Waals surface area contributed by atoms with Crippen molar-refractivity contribution < 1.29 is 8.42 Å². The second-order valence-electron chi connectivity index (χ2n) is 4.44. The first-order chi connectivity index (χ1) is 6.40. The van der Waals surface area contributed by atoms with Gasteiger partial charge in [0.25, 0.3) is 0 Å². The lowest BCUT2D eigenvalue weighted by Crippen LogP contribution is -2.55. The maximum absolute atomic E-state index is 11.8. The molecule has 0 spiro atoms. The molecule has 14 heavy (non-hydrogen) atoms. The van der Waals surface area contributed by atoms with Crippen molar-refractivity contribution in [3.63, 3.8) is 0 Å². The fourth-order valence-corrected chi connectivity index (χ4v) is 4.00. The SMILES string of the molecule is CNCC(C)(C)N1CCCCS1(=O)=O. The zero-order chi connectivity index (χ0) is 10.8. The quantitative estimate of drug-likeness (QED) is 0.749. The summed E-state index contributed by atoms with van der Waals surface area (Å²) in [4.78, 5) is 0. The van der Waals surface area contributed by atoms with E-state index in [9.17, 15) is 8.42 Å². The zero-order valence-electron chi connectivity index (χ0n) is 9.21. The van der Waals surface area contributed by atoms with Gasteiger partial charge >= 0.3 is 0 Å². The highest BCUT2D eigenvalue weighted by Gasteiger charge is 2.37. The van der Waals surface area contributed by atoms with E-state index in [0.717, 1.165) is 12.8 Å². The lowest BCUT2D eigenvalue weighted by Gasteiger charge is -2.39. The summed E-state index contributed by atoms with van der Waals surface area (Å²) in [7, 11) is -1.16. The van der Waals surface area contributed by atoms with E-state index >= 15 is 0 Å². The predicted octanol–water partition coefficient (Wildman–Crippen LogP) is 0.410. The highest BCUT2D eigenvalue weighted by atomic mass is 32.2. The van der Waals surface area contributed by atoms with Crippen LogP contribution in [0, 0.1) is 0 Å². The molecule has 1 rings (SSSR count). The molecule has 0 aromatic heterocycles. The average molecular weight is 220 g/mol. The van der Waals surface area contributed by atoms with Crippen molar-refractivity contribution in [2.45, 2.75) is 32.2 Å². The van der Waals surface area contributed by atoms with Crippen molar-refractivity contribution in [3.05, 3.63) is 0 Å². The second-order valence-corrected chi connectivity index (χ2v) is 6.45. The normalized spacial score (nSPS) is 23.6. The Balaban J connectivity index is 2.84. The molecule has 0 unspecified atom stereocenters. The van der Waals surface area contributed by atoms with E-state index in [1.807, 2.05) is 20.9 Å². The molecule has 0 aromatic carbocycles. The lowest BCUT2D eigenvalue weighted by molar-refractivity contribution is 0.213. The molecule has 1 saturated heterocycles. The molecule has 1 fully saturated rings. The first-order valence-corrected chi connectivity index (χ1v) is 6.66. The van der Waals surface area contributed by atoms with Crippen LogP contribution in [0.15, 0.2) is 0 Å². The topological polar surface area (TPSA) is 49.4 Å². The summed E-state index contributed by atoms with van der Waals surface area (Å²) < 4.78 is 25.2. The van der Waals surface area contributed by atoms with Crippen LogP contribution in [0.4, 0.5) is 0 Å². The second kappa shape index (κ2) is 4.16. The third kappa shape index (κ3) is 2.46. The molecule has 5 heteroatoms. The summed E-state index contributed by atoms with van der Waals surface area (Å²) >= 11 is 0. The van der Waals surface area contributed by atoms with Gasteiger partial charge in [-0.2, -0.15) is 4.31 Å². The van der Waals surface area contributed by atoms with Crippen LogP contribution < -0.4 is 5.32 Å². The number of likely N-dealkylation sites (N-methyl/N-ethyl adjacent to an activating group) is 1. The van der Waals surface area contributed by atoms with Gasteiger partial charge in [0.2, 0.25) is 10.0 Å². The van der Waals surface area contributed by atoms with Crippen molar-refractivity contribution in [1.82, 2.24) is 9.62 Å². The monoisotopic (exact) mass is 220 g/mol. The average Bonchev–Trinajstić information content (AvgIpc) is 2.02. The Hall–Kier alpha value is -0.130. The Bertz CT molecular complexity index is 285. The van der Waals surface area contributed by atoms with Crippen LogP contribution in [0.2, 0.25) is 0 Å². The number of nitrogens with one attached hydrogen (secondary N) is 1. The van der Waals surface area contributed by atoms with Crippen LogP contribution in [0.25, 0.3) is 0 Å². The Labute approximate surface area is 86.7 Å². The minimum atomic E-state index is -3.01. The smallest absolute Gasteiger partial charge is 0.214 e. The summed E-state index contributed by atoms with van der Waals surface area (Å²) in [6, 6.07) is 0. The van der Waals surface area contributed by atoms with E-state index in [4.69, 9.17) is 0 Å². The van der Waals surface area contributed by atoms with Gasteiger partial charge < -0.3 is 5.32 Å². The number of hydrogen-bond acceptors (Lipinski definition) is 3. The molecule has 0 bridgehead atoms. The number of hydrogen-bond donors (Lipinski definition) is 1. The molecule has 1 N–H and O–H groups in total. The molecule has 0 saturated carbocycles. The molecular formula is C9H20N2O2S. The van der Waals surface area contributed by atoms with Gasteiger partial charge in [0.15, 0.2) is 0 Å². The van der Waals surface area contributed by atoms with Gasteiger partial charge in [-0.05, 0) is 33.7 Å². The molecule has 1 aliphatic rings. The molecule has 0 atom stereocenters. The standard InChI is InChI=1S/C9H20N2O2S/c1-9(2,8-10-3)11-6-4-5-7-14(11,12)13/h10H,4-8H2,1-3H3. The summed E-state index contributed by atoms with van der Waals surface area (Å²) in [5, 5.41) is 3.04. The third-order valence-corrected chi connectivity index (χ3v) is 4.79. The maximum Gasteiger partial charge on any atom is 0.214 e. The number of nitrogens with zero attached hydrogens (tertiary/aromatic N) is 1. The Morgan fingerprint density at radius 1 is 1.36 bits per heavy atom. The van der Waals surface area contributed by atoms with Gasteiger partial charge in [-0.25, -0.2) is 8.42 Å². The molecule has 0 aliphatic carbocycles. The summed E-state index contributed by atoms with van der Waals surface area (Å²) in [6.45, 7) is 5.28. The molecule has 1 aliphatic heterocycles. The van der Waals surface area contributed by atoms with Crippen molar-refractivity contribution in [2.75, 3.05) is 25.9 Å². The van der Waals surface area contributed by atoms with E-state index in [1.165, 1.54) is 0 Å². The van der Waals surface area contributed by atoms with Gasteiger partial charge in [-0.3, -0.25) is 0 Å². The summed E-state index contributed by atoms with van der Waals surface area (Å²) in [5.41, 5.74) is -0.312. The molecule has 0 radical (unpaired) electrons. The Kier molecular flexibility index (Phi) is 3.55. The van der Waals surface area contributed by atoms with Crippen LogP contribution in [0.3, 0.4) is 0 Å². The van der Waals surface area contributed by atoms with Crippen LogP contribution in [-0.4, -0.2) is 44.2 Å². The highest BCUT2D eigenvalue weighted by Crippen LogP contribution is 2.23. The Morgan fingerprint density at radius 3 is 2.50 bits per heavy atom. The van der Waals surface area contributed by atoms with Crippen molar-refractivity contribution >= 4 is 10.0 Å². The van der Waals surface area contributed by atoms with Crippen LogP contribution >= 0.6 is 0 Å². The van der Waals surface area contributed by atoms with E-state index < -0.39 is 10.0 Å². The van der Waals surface area contributed by atoms with Gasteiger partial charge in [0.05, 0.1) is 5.75 Å². The molecule has 1 heterocycles. The molecular weight excluding hydrogens is 200 g/mol. The Morgan fingerprint density at radius 2 is 2.00 bits per heavy atom. The van der Waals surface area contributed by atoms with Gasteiger partial charge in [0.1, 0.15) is 0 Å². The fourth-order valence-electron chi connectivity index (χ4n) is 1.99. The molecule has 0 aromatic rings. The van der Waals surface area contributed by atoms with Crippen LogP contribution in [0.5, 0.6) is 0 Å². The van der Waals surface area contributed by atoms with Crippen molar-refractivity contribution in [3.8, 4) is 0 Å². The lowest BCUT2D eigenvalue weighted by atomic mass is 10.1. The minimum absolute atomic E-state index is 0.306. The number of sulfonamides is 1. The number of rotatable bonds is 3. The van der Waals surface area contributed by atoms with E-state index in [0.29, 0.717) is 18.8 Å². The summed E-state index contributed by atoms with van der Waals surface area (Å²) in [5.74, 6) is 0.306. The predicted molar refractivity (Wildman–Crippen MR) is 57.7 cm³/mol. The highest BCUT2D eigenvalue weighted by molar-refractivity contribution is 7.89. The maximum atomic E-state index is 11.8. The van der Waals surface area contributed by atoms with Crippen molar-refractivity contribution in [1.29, 1.82) is 0 Å². The minimum Gasteiger partial charge on any atom is -0.318 e. The first-order valence-electron chi connectivity index (χ1n) is 5.05. The van der Waals surface area contributed by atoms with E-state index in [-0.39, 0.29) is 5.54 Å². The largest absolute Gasteiger partial charge is 0.318 e.